The summed E-state index contributed by atoms with van der Waals surface area (Å²) in [5, 5.41) is 6.25. The van der Waals surface area contributed by atoms with Crippen molar-refractivity contribution in [1.82, 2.24) is 5.43 Å². The quantitative estimate of drug-likeness (QED) is 0.426. The molecule has 0 radical (unpaired) electrons. The van der Waals surface area contributed by atoms with Gasteiger partial charge in [-0.3, -0.25) is 9.59 Å². The minimum absolute atomic E-state index is 0.450. The van der Waals surface area contributed by atoms with Crippen LogP contribution in [0, 0.1) is 0 Å². The van der Waals surface area contributed by atoms with E-state index < -0.39 is 11.8 Å². The Kier molecular flexibility index (Phi) is 7.21. The summed E-state index contributed by atoms with van der Waals surface area (Å²) in [4.78, 5) is 23.8. The van der Waals surface area contributed by atoms with Crippen LogP contribution in [0.25, 0.3) is 0 Å². The number of nitrogens with zero attached hydrogens (tertiary/aromatic N) is 1. The molecule has 0 bridgehead atoms. The van der Waals surface area contributed by atoms with Gasteiger partial charge < -0.3 is 24.3 Å². The number of benzene rings is 2. The molecule has 0 heterocycles. The van der Waals surface area contributed by atoms with Gasteiger partial charge in [0, 0.05) is 17.3 Å². The van der Waals surface area contributed by atoms with Gasteiger partial charge in [0.2, 0.25) is 0 Å². The third-order valence-corrected chi connectivity index (χ3v) is 3.66. The van der Waals surface area contributed by atoms with Gasteiger partial charge in [0.15, 0.2) is 11.5 Å². The van der Waals surface area contributed by atoms with Crippen molar-refractivity contribution >= 4 is 23.7 Å². The smallest absolute Gasteiger partial charge is 0.329 e. The van der Waals surface area contributed by atoms with Crippen LogP contribution in [0.2, 0.25) is 0 Å². The number of amides is 2. The molecule has 0 aliphatic carbocycles. The van der Waals surface area contributed by atoms with E-state index in [0.29, 0.717) is 34.2 Å². The monoisotopic (exact) mass is 387 g/mol. The molecule has 0 fully saturated rings. The van der Waals surface area contributed by atoms with Gasteiger partial charge in [-0.05, 0) is 30.3 Å². The van der Waals surface area contributed by atoms with Crippen LogP contribution in [0.5, 0.6) is 23.0 Å². The zero-order chi connectivity index (χ0) is 20.5. The van der Waals surface area contributed by atoms with E-state index in [1.807, 2.05) is 0 Å². The molecular weight excluding hydrogens is 366 g/mol. The van der Waals surface area contributed by atoms with E-state index in [1.165, 1.54) is 34.7 Å². The molecule has 2 aromatic rings. The molecule has 2 N–H and O–H groups in total. The Morgan fingerprint density at radius 1 is 0.821 bits per heavy atom. The Balaban J connectivity index is 2.02. The van der Waals surface area contributed by atoms with Gasteiger partial charge in [-0.2, -0.15) is 5.10 Å². The largest absolute Gasteiger partial charge is 0.497 e. The van der Waals surface area contributed by atoms with Crippen LogP contribution in [0.1, 0.15) is 5.56 Å². The second-order valence-corrected chi connectivity index (χ2v) is 5.33. The molecule has 9 heteroatoms. The fourth-order valence-corrected chi connectivity index (χ4v) is 2.23. The van der Waals surface area contributed by atoms with Crippen LogP contribution in [0.4, 0.5) is 5.69 Å². The fraction of sp³-hybridized carbons (Fsp3) is 0.211. The van der Waals surface area contributed by atoms with Crippen molar-refractivity contribution in [2.24, 2.45) is 5.10 Å². The zero-order valence-corrected chi connectivity index (χ0v) is 15.9. The first-order valence-corrected chi connectivity index (χ1v) is 8.10. The molecule has 28 heavy (non-hydrogen) atoms. The lowest BCUT2D eigenvalue weighted by Crippen LogP contribution is -2.32. The summed E-state index contributed by atoms with van der Waals surface area (Å²) in [5.74, 6) is 0.259. The van der Waals surface area contributed by atoms with Crippen LogP contribution >= 0.6 is 0 Å². The molecule has 2 amide bonds. The topological polar surface area (TPSA) is 107 Å². The summed E-state index contributed by atoms with van der Waals surface area (Å²) in [6, 6.07) is 9.80. The number of hydrogen-bond acceptors (Lipinski definition) is 7. The minimum Gasteiger partial charge on any atom is -0.497 e. The molecule has 2 aromatic carbocycles. The second kappa shape index (κ2) is 9.81. The molecule has 0 aliphatic rings. The Morgan fingerprint density at radius 2 is 1.43 bits per heavy atom. The van der Waals surface area contributed by atoms with Crippen LogP contribution in [-0.4, -0.2) is 46.5 Å². The lowest BCUT2D eigenvalue weighted by Gasteiger charge is -2.11. The highest BCUT2D eigenvalue weighted by Crippen LogP contribution is 2.33. The number of nitrogens with one attached hydrogen (secondary N) is 2. The maximum Gasteiger partial charge on any atom is 0.329 e. The molecule has 0 aromatic heterocycles. The molecule has 0 atom stereocenters. The van der Waals surface area contributed by atoms with Gasteiger partial charge in [0.05, 0.1) is 34.7 Å². The maximum atomic E-state index is 11.9. The highest BCUT2D eigenvalue weighted by Gasteiger charge is 2.14. The molecule has 9 nitrogen and oxygen atoms in total. The van der Waals surface area contributed by atoms with Gasteiger partial charge >= 0.3 is 11.8 Å². The van der Waals surface area contributed by atoms with Crippen molar-refractivity contribution < 1.29 is 28.5 Å². The van der Waals surface area contributed by atoms with Crippen molar-refractivity contribution in [3.05, 3.63) is 42.0 Å². The standard InChI is InChI=1S/C19H21N3O6/c1-25-14-7-5-13(6-8-14)21-18(23)19(24)22-20-11-12-9-16(27-3)17(28-4)10-15(12)26-2/h5-11H,1-4H3,(H,21,23)(H,22,24)/b20-11+. The average molecular weight is 387 g/mol. The van der Waals surface area contributed by atoms with Crippen molar-refractivity contribution in [3.63, 3.8) is 0 Å². The predicted molar refractivity (Wildman–Crippen MR) is 103 cm³/mol. The third kappa shape index (κ3) is 5.13. The van der Waals surface area contributed by atoms with Gasteiger partial charge in [0.1, 0.15) is 11.5 Å². The zero-order valence-electron chi connectivity index (χ0n) is 15.9. The summed E-state index contributed by atoms with van der Waals surface area (Å²) in [5.41, 5.74) is 3.13. The SMILES string of the molecule is COc1ccc(NC(=O)C(=O)N/N=C/c2cc(OC)c(OC)cc2OC)cc1. The summed E-state index contributed by atoms with van der Waals surface area (Å²) in [7, 11) is 6.02. The lowest BCUT2D eigenvalue weighted by molar-refractivity contribution is -0.136. The first-order valence-electron chi connectivity index (χ1n) is 8.10. The predicted octanol–water partition coefficient (Wildman–Crippen LogP) is 1.81. The Morgan fingerprint density at radius 3 is 2.00 bits per heavy atom. The number of hydrogen-bond donors (Lipinski definition) is 2. The van der Waals surface area contributed by atoms with Crippen molar-refractivity contribution in [2.75, 3.05) is 33.8 Å². The molecule has 0 unspecified atom stereocenters. The van der Waals surface area contributed by atoms with E-state index in [0.717, 1.165) is 0 Å². The summed E-state index contributed by atoms with van der Waals surface area (Å²) in [6.45, 7) is 0. The van der Waals surface area contributed by atoms with Crippen LogP contribution in [0.15, 0.2) is 41.5 Å². The van der Waals surface area contributed by atoms with E-state index in [4.69, 9.17) is 18.9 Å². The third-order valence-electron chi connectivity index (χ3n) is 3.66. The van der Waals surface area contributed by atoms with E-state index in [-0.39, 0.29) is 0 Å². The van der Waals surface area contributed by atoms with Gasteiger partial charge in [-0.15, -0.1) is 0 Å². The van der Waals surface area contributed by atoms with E-state index in [9.17, 15) is 9.59 Å². The summed E-state index contributed by atoms with van der Waals surface area (Å²) < 4.78 is 20.7. The van der Waals surface area contributed by atoms with E-state index >= 15 is 0 Å². The number of hydrazone groups is 1. The summed E-state index contributed by atoms with van der Waals surface area (Å²) >= 11 is 0. The highest BCUT2D eigenvalue weighted by atomic mass is 16.5. The molecule has 148 valence electrons. The molecule has 0 saturated heterocycles. The number of rotatable bonds is 7. The fourth-order valence-electron chi connectivity index (χ4n) is 2.23. The first-order chi connectivity index (χ1) is 13.5. The number of carbonyl (C=O) groups is 2. The first kappa shape index (κ1) is 20.6. The number of anilines is 1. The normalized spacial score (nSPS) is 10.3. The Labute approximate surface area is 162 Å². The van der Waals surface area contributed by atoms with Gasteiger partial charge in [0.25, 0.3) is 0 Å². The lowest BCUT2D eigenvalue weighted by atomic mass is 10.2. The van der Waals surface area contributed by atoms with Crippen LogP contribution < -0.4 is 29.7 Å². The molecule has 0 spiro atoms. The van der Waals surface area contributed by atoms with Crippen LogP contribution in [-0.2, 0) is 9.59 Å². The van der Waals surface area contributed by atoms with Crippen LogP contribution in [0.3, 0.4) is 0 Å². The number of methoxy groups -OCH3 is 4. The van der Waals surface area contributed by atoms with Gasteiger partial charge in [-0.1, -0.05) is 0 Å². The Hall–Kier alpha value is -3.75. The number of ether oxygens (including phenoxy) is 4. The molecule has 0 aliphatic heterocycles. The minimum atomic E-state index is -0.925. The Bertz CT molecular complexity index is 865. The molecule has 0 saturated carbocycles. The average Bonchev–Trinajstić information content (AvgIpc) is 2.73. The maximum absolute atomic E-state index is 11.9. The highest BCUT2D eigenvalue weighted by molar-refractivity contribution is 6.39. The van der Waals surface area contributed by atoms with Gasteiger partial charge in [-0.25, -0.2) is 5.43 Å². The number of carbonyl (C=O) groups excluding carboxylic acids is 2. The summed E-state index contributed by atoms with van der Waals surface area (Å²) in [6.07, 6.45) is 1.33. The van der Waals surface area contributed by atoms with Crippen molar-refractivity contribution in [1.29, 1.82) is 0 Å². The van der Waals surface area contributed by atoms with E-state index in [1.54, 1.807) is 36.4 Å². The molecular formula is C19H21N3O6. The second-order valence-electron chi connectivity index (χ2n) is 5.33. The van der Waals surface area contributed by atoms with Crippen molar-refractivity contribution in [2.45, 2.75) is 0 Å². The van der Waals surface area contributed by atoms with Crippen molar-refractivity contribution in [3.8, 4) is 23.0 Å². The molecule has 2 rings (SSSR count). The van der Waals surface area contributed by atoms with E-state index in [2.05, 4.69) is 15.8 Å².